The standard InChI is InChI=1S/C15H17N5O2S2/c1-3-13-19-20-15(24-13)18-12(21)8-23-14-16-10-6-5-9(22-4-2)7-11(10)17-14/h5-7H,3-4,8H2,1-2H3,(H,16,17)(H,18,20,21). The zero-order valence-corrected chi connectivity index (χ0v) is 15.0. The van der Waals surface area contributed by atoms with Crippen molar-refractivity contribution in [2.24, 2.45) is 0 Å². The average Bonchev–Trinajstić information content (AvgIpc) is 3.19. The summed E-state index contributed by atoms with van der Waals surface area (Å²) in [4.78, 5) is 19.6. The predicted molar refractivity (Wildman–Crippen MR) is 95.9 cm³/mol. The number of ether oxygens (including phenoxy) is 1. The normalized spacial score (nSPS) is 10.9. The van der Waals surface area contributed by atoms with E-state index in [0.717, 1.165) is 28.2 Å². The Hall–Kier alpha value is -2.13. The minimum Gasteiger partial charge on any atom is -0.494 e. The van der Waals surface area contributed by atoms with Crippen molar-refractivity contribution in [3.63, 3.8) is 0 Å². The zero-order chi connectivity index (χ0) is 16.9. The highest BCUT2D eigenvalue weighted by Gasteiger charge is 2.10. The molecule has 0 aliphatic carbocycles. The number of H-pyrrole nitrogens is 1. The van der Waals surface area contributed by atoms with Crippen molar-refractivity contribution in [2.45, 2.75) is 25.4 Å². The summed E-state index contributed by atoms with van der Waals surface area (Å²) in [5, 5.41) is 12.8. The molecule has 3 rings (SSSR count). The van der Waals surface area contributed by atoms with Gasteiger partial charge in [-0.05, 0) is 25.5 Å². The summed E-state index contributed by atoms with van der Waals surface area (Å²) in [7, 11) is 0. The molecule has 1 aromatic carbocycles. The van der Waals surface area contributed by atoms with E-state index in [0.29, 0.717) is 16.9 Å². The second kappa shape index (κ2) is 7.63. The Bertz CT molecular complexity index is 845. The van der Waals surface area contributed by atoms with Gasteiger partial charge in [0.25, 0.3) is 0 Å². The van der Waals surface area contributed by atoms with E-state index in [2.05, 4.69) is 25.5 Å². The highest BCUT2D eigenvalue weighted by atomic mass is 32.2. The number of hydrogen-bond donors (Lipinski definition) is 2. The molecule has 0 atom stereocenters. The second-order valence-electron chi connectivity index (χ2n) is 4.85. The molecule has 0 bridgehead atoms. The Morgan fingerprint density at radius 3 is 3.00 bits per heavy atom. The summed E-state index contributed by atoms with van der Waals surface area (Å²) in [6, 6.07) is 5.69. The third kappa shape index (κ3) is 4.04. The quantitative estimate of drug-likeness (QED) is 0.627. The molecule has 2 aromatic heterocycles. The van der Waals surface area contributed by atoms with Crippen LogP contribution < -0.4 is 10.1 Å². The first-order valence-corrected chi connectivity index (χ1v) is 9.35. The number of anilines is 1. The van der Waals surface area contributed by atoms with Gasteiger partial charge in [0.2, 0.25) is 11.0 Å². The number of carbonyl (C=O) groups is 1. The van der Waals surface area contributed by atoms with Crippen molar-refractivity contribution in [1.82, 2.24) is 20.2 Å². The van der Waals surface area contributed by atoms with Gasteiger partial charge in [0.15, 0.2) is 5.16 Å². The number of fused-ring (bicyclic) bond motifs is 1. The van der Waals surface area contributed by atoms with Gasteiger partial charge in [0.1, 0.15) is 10.8 Å². The van der Waals surface area contributed by atoms with E-state index in [9.17, 15) is 4.79 Å². The number of amides is 1. The highest BCUT2D eigenvalue weighted by molar-refractivity contribution is 7.99. The van der Waals surface area contributed by atoms with E-state index in [1.165, 1.54) is 23.1 Å². The van der Waals surface area contributed by atoms with Crippen LogP contribution >= 0.6 is 23.1 Å². The molecule has 126 valence electrons. The molecule has 0 saturated heterocycles. The maximum atomic E-state index is 12.0. The first-order valence-electron chi connectivity index (χ1n) is 7.55. The number of aryl methyl sites for hydroxylation is 1. The van der Waals surface area contributed by atoms with Gasteiger partial charge in [-0.15, -0.1) is 10.2 Å². The van der Waals surface area contributed by atoms with Gasteiger partial charge < -0.3 is 9.72 Å². The maximum Gasteiger partial charge on any atom is 0.236 e. The molecule has 0 saturated carbocycles. The Morgan fingerprint density at radius 1 is 1.38 bits per heavy atom. The summed E-state index contributed by atoms with van der Waals surface area (Å²) in [5.74, 6) is 0.916. The first kappa shape index (κ1) is 16.7. The van der Waals surface area contributed by atoms with Gasteiger partial charge in [-0.2, -0.15) is 0 Å². The molecular weight excluding hydrogens is 346 g/mol. The maximum absolute atomic E-state index is 12.0. The number of imidazole rings is 1. The molecule has 7 nitrogen and oxygen atoms in total. The summed E-state index contributed by atoms with van der Waals surface area (Å²) in [6.45, 7) is 4.56. The molecule has 0 aliphatic rings. The van der Waals surface area contributed by atoms with Gasteiger partial charge in [0.05, 0.1) is 23.4 Å². The van der Waals surface area contributed by atoms with Crippen LogP contribution in [0.1, 0.15) is 18.9 Å². The molecule has 0 radical (unpaired) electrons. The van der Waals surface area contributed by atoms with Crippen LogP contribution in [0.3, 0.4) is 0 Å². The lowest BCUT2D eigenvalue weighted by molar-refractivity contribution is -0.113. The third-order valence-electron chi connectivity index (χ3n) is 3.10. The summed E-state index contributed by atoms with van der Waals surface area (Å²) in [6.07, 6.45) is 0.811. The zero-order valence-electron chi connectivity index (χ0n) is 13.3. The predicted octanol–water partition coefficient (Wildman–Crippen LogP) is 3.11. The lowest BCUT2D eigenvalue weighted by Crippen LogP contribution is -2.13. The fourth-order valence-electron chi connectivity index (χ4n) is 2.03. The second-order valence-corrected chi connectivity index (χ2v) is 6.87. The molecule has 24 heavy (non-hydrogen) atoms. The molecule has 3 aromatic rings. The Balaban J connectivity index is 1.59. The van der Waals surface area contributed by atoms with Gasteiger partial charge >= 0.3 is 0 Å². The van der Waals surface area contributed by atoms with Crippen molar-refractivity contribution < 1.29 is 9.53 Å². The van der Waals surface area contributed by atoms with E-state index in [1.807, 2.05) is 32.0 Å². The van der Waals surface area contributed by atoms with Crippen molar-refractivity contribution >= 4 is 45.2 Å². The van der Waals surface area contributed by atoms with Gasteiger partial charge in [-0.1, -0.05) is 30.0 Å². The van der Waals surface area contributed by atoms with Crippen molar-refractivity contribution in [2.75, 3.05) is 17.7 Å². The molecule has 9 heteroatoms. The summed E-state index contributed by atoms with van der Waals surface area (Å²) in [5.41, 5.74) is 1.73. The molecule has 0 unspecified atom stereocenters. The van der Waals surface area contributed by atoms with Crippen molar-refractivity contribution in [3.8, 4) is 5.75 Å². The summed E-state index contributed by atoms with van der Waals surface area (Å²) < 4.78 is 5.47. The summed E-state index contributed by atoms with van der Waals surface area (Å²) >= 11 is 2.73. The van der Waals surface area contributed by atoms with Crippen LogP contribution in [0, 0.1) is 0 Å². The number of benzene rings is 1. The number of aromatic amines is 1. The van der Waals surface area contributed by atoms with E-state index in [-0.39, 0.29) is 11.7 Å². The Kier molecular flexibility index (Phi) is 5.31. The first-order chi connectivity index (χ1) is 11.7. The van der Waals surface area contributed by atoms with Crippen LogP contribution in [0.2, 0.25) is 0 Å². The minimum atomic E-state index is -0.130. The fourth-order valence-corrected chi connectivity index (χ4v) is 3.41. The van der Waals surface area contributed by atoms with Crippen LogP contribution in [0.4, 0.5) is 5.13 Å². The highest BCUT2D eigenvalue weighted by Crippen LogP contribution is 2.23. The smallest absolute Gasteiger partial charge is 0.236 e. The van der Waals surface area contributed by atoms with Crippen LogP contribution in [0.5, 0.6) is 5.75 Å². The molecule has 2 N–H and O–H groups in total. The van der Waals surface area contributed by atoms with E-state index in [1.54, 1.807) is 0 Å². The van der Waals surface area contributed by atoms with E-state index < -0.39 is 0 Å². The number of hydrogen-bond acceptors (Lipinski definition) is 7. The molecule has 2 heterocycles. The number of nitrogens with one attached hydrogen (secondary N) is 2. The molecule has 1 amide bonds. The van der Waals surface area contributed by atoms with Crippen LogP contribution in [0.15, 0.2) is 23.4 Å². The molecule has 0 fully saturated rings. The Morgan fingerprint density at radius 2 is 2.25 bits per heavy atom. The number of nitrogens with zero attached hydrogens (tertiary/aromatic N) is 3. The number of carbonyl (C=O) groups excluding carboxylic acids is 1. The lowest BCUT2D eigenvalue weighted by Gasteiger charge is -2.00. The molecule has 0 spiro atoms. The largest absolute Gasteiger partial charge is 0.494 e. The minimum absolute atomic E-state index is 0.130. The number of aromatic nitrogens is 4. The van der Waals surface area contributed by atoms with Crippen LogP contribution in [-0.4, -0.2) is 38.4 Å². The Labute approximate surface area is 147 Å². The van der Waals surface area contributed by atoms with Gasteiger partial charge in [-0.25, -0.2) is 4.98 Å². The van der Waals surface area contributed by atoms with E-state index >= 15 is 0 Å². The van der Waals surface area contributed by atoms with Gasteiger partial charge in [-0.3, -0.25) is 10.1 Å². The topological polar surface area (TPSA) is 92.8 Å². The lowest BCUT2D eigenvalue weighted by atomic mass is 10.3. The SMILES string of the molecule is CCOc1ccc2nc(SCC(=O)Nc3nnc(CC)s3)[nH]c2c1. The molecular formula is C15H17N5O2S2. The van der Waals surface area contributed by atoms with Crippen LogP contribution in [-0.2, 0) is 11.2 Å². The van der Waals surface area contributed by atoms with Crippen LogP contribution in [0.25, 0.3) is 11.0 Å². The third-order valence-corrected chi connectivity index (χ3v) is 4.95. The van der Waals surface area contributed by atoms with Gasteiger partial charge in [0, 0.05) is 6.07 Å². The fraction of sp³-hybridized carbons (Fsp3) is 0.333. The van der Waals surface area contributed by atoms with E-state index in [4.69, 9.17) is 4.74 Å². The number of rotatable bonds is 7. The monoisotopic (exact) mass is 363 g/mol. The number of thioether (sulfide) groups is 1. The molecule has 0 aliphatic heterocycles. The van der Waals surface area contributed by atoms with Crippen molar-refractivity contribution in [1.29, 1.82) is 0 Å². The van der Waals surface area contributed by atoms with Crippen molar-refractivity contribution in [3.05, 3.63) is 23.2 Å². The average molecular weight is 363 g/mol.